The zero-order valence-corrected chi connectivity index (χ0v) is 15.9. The Hall–Kier alpha value is -2.95. The van der Waals surface area contributed by atoms with Crippen LogP contribution in [0, 0.1) is 0 Å². The molecule has 0 aliphatic carbocycles. The van der Waals surface area contributed by atoms with Crippen molar-refractivity contribution in [2.24, 2.45) is 0 Å². The lowest BCUT2D eigenvalue weighted by Crippen LogP contribution is -2.45. The molecule has 5 nitrogen and oxygen atoms in total. The topological polar surface area (TPSA) is 42.0 Å². The van der Waals surface area contributed by atoms with Crippen LogP contribution in [-0.2, 0) is 4.74 Å². The minimum atomic E-state index is 0.0327. The molecule has 0 radical (unpaired) electrons. The zero-order chi connectivity index (χ0) is 19.2. The summed E-state index contributed by atoms with van der Waals surface area (Å²) >= 11 is 0. The van der Waals surface area contributed by atoms with Gasteiger partial charge in [0.05, 0.1) is 7.11 Å². The van der Waals surface area contributed by atoms with Crippen LogP contribution in [0.5, 0.6) is 11.5 Å². The first-order valence-corrected chi connectivity index (χ1v) is 9.16. The normalized spacial score (nSPS) is 14.5. The van der Waals surface area contributed by atoms with Gasteiger partial charge in [-0.1, -0.05) is 18.2 Å². The van der Waals surface area contributed by atoms with Gasteiger partial charge >= 0.3 is 0 Å². The number of rotatable bonds is 6. The smallest absolute Gasteiger partial charge is 0.253 e. The SMILES string of the molecule is C=C(OC)N1CCC(N(C)C(=O)c2ccc(Oc3ccccc3)cc2)CC1. The van der Waals surface area contributed by atoms with Crippen molar-refractivity contribution < 1.29 is 14.3 Å². The van der Waals surface area contributed by atoms with Crippen LogP contribution in [0.25, 0.3) is 0 Å². The molecule has 0 saturated carbocycles. The minimum absolute atomic E-state index is 0.0327. The molecule has 1 aliphatic rings. The van der Waals surface area contributed by atoms with Crippen LogP contribution >= 0.6 is 0 Å². The Bertz CT molecular complexity index is 766. The number of hydrogen-bond acceptors (Lipinski definition) is 4. The highest BCUT2D eigenvalue weighted by atomic mass is 16.5. The van der Waals surface area contributed by atoms with Gasteiger partial charge in [0.15, 0.2) is 5.88 Å². The standard InChI is InChI=1S/C22H26N2O3/c1-17(26-3)24-15-13-19(14-16-24)23(2)22(25)18-9-11-21(12-10-18)27-20-7-5-4-6-8-20/h4-12,19H,1,13-16H2,2-3H3. The highest BCUT2D eigenvalue weighted by molar-refractivity contribution is 5.94. The molecule has 0 bridgehead atoms. The van der Waals surface area contributed by atoms with Crippen molar-refractivity contribution in [3.05, 3.63) is 72.6 Å². The summed E-state index contributed by atoms with van der Waals surface area (Å²) in [5, 5.41) is 0. The van der Waals surface area contributed by atoms with Crippen molar-refractivity contribution in [1.82, 2.24) is 9.80 Å². The van der Waals surface area contributed by atoms with E-state index in [0.29, 0.717) is 17.2 Å². The monoisotopic (exact) mass is 366 g/mol. The third kappa shape index (κ3) is 4.61. The van der Waals surface area contributed by atoms with E-state index in [2.05, 4.69) is 11.5 Å². The maximum Gasteiger partial charge on any atom is 0.253 e. The number of nitrogens with zero attached hydrogens (tertiary/aromatic N) is 2. The summed E-state index contributed by atoms with van der Waals surface area (Å²) in [7, 11) is 3.51. The van der Waals surface area contributed by atoms with Gasteiger partial charge in [0.1, 0.15) is 11.5 Å². The lowest BCUT2D eigenvalue weighted by Gasteiger charge is -2.37. The number of methoxy groups -OCH3 is 1. The molecule has 27 heavy (non-hydrogen) atoms. The van der Waals surface area contributed by atoms with Gasteiger partial charge in [0, 0.05) is 31.7 Å². The van der Waals surface area contributed by atoms with Crippen LogP contribution in [0.4, 0.5) is 0 Å². The van der Waals surface area contributed by atoms with E-state index in [1.807, 2.05) is 66.5 Å². The average molecular weight is 366 g/mol. The van der Waals surface area contributed by atoms with Gasteiger partial charge in [-0.2, -0.15) is 0 Å². The Kier molecular flexibility index (Phi) is 6.01. The largest absolute Gasteiger partial charge is 0.483 e. The van der Waals surface area contributed by atoms with E-state index in [1.54, 1.807) is 7.11 Å². The number of para-hydroxylation sites is 1. The molecular weight excluding hydrogens is 340 g/mol. The number of benzene rings is 2. The third-order valence-electron chi connectivity index (χ3n) is 5.00. The van der Waals surface area contributed by atoms with E-state index in [1.165, 1.54) is 0 Å². The Morgan fingerprint density at radius 3 is 2.22 bits per heavy atom. The second kappa shape index (κ2) is 8.62. The summed E-state index contributed by atoms with van der Waals surface area (Å²) in [6, 6.07) is 17.1. The van der Waals surface area contributed by atoms with Crippen LogP contribution in [0.15, 0.2) is 67.1 Å². The highest BCUT2D eigenvalue weighted by Gasteiger charge is 2.26. The third-order valence-corrected chi connectivity index (χ3v) is 5.00. The number of carbonyl (C=O) groups is 1. The van der Waals surface area contributed by atoms with Crippen LogP contribution in [0.3, 0.4) is 0 Å². The number of piperidine rings is 1. The molecule has 0 N–H and O–H groups in total. The maximum absolute atomic E-state index is 12.8. The lowest BCUT2D eigenvalue weighted by atomic mass is 10.0. The van der Waals surface area contributed by atoms with Gasteiger partial charge in [-0.05, 0) is 55.8 Å². The molecule has 3 rings (SSSR count). The van der Waals surface area contributed by atoms with Crippen LogP contribution < -0.4 is 4.74 Å². The van der Waals surface area contributed by atoms with Crippen LogP contribution in [0.2, 0.25) is 0 Å². The van der Waals surface area contributed by atoms with Crippen molar-refractivity contribution in [3.63, 3.8) is 0 Å². The molecule has 0 spiro atoms. The quantitative estimate of drug-likeness (QED) is 0.721. The van der Waals surface area contributed by atoms with Crippen molar-refractivity contribution in [1.29, 1.82) is 0 Å². The first-order valence-electron chi connectivity index (χ1n) is 9.16. The van der Waals surface area contributed by atoms with Crippen molar-refractivity contribution >= 4 is 5.91 Å². The molecule has 1 fully saturated rings. The number of carbonyl (C=O) groups excluding carboxylic acids is 1. The van der Waals surface area contributed by atoms with Gasteiger partial charge in [-0.3, -0.25) is 4.79 Å². The zero-order valence-electron chi connectivity index (χ0n) is 15.9. The van der Waals surface area contributed by atoms with E-state index in [0.717, 1.165) is 31.7 Å². The van der Waals surface area contributed by atoms with E-state index in [-0.39, 0.29) is 11.9 Å². The van der Waals surface area contributed by atoms with Gasteiger partial charge in [0.2, 0.25) is 0 Å². The number of hydrogen-bond donors (Lipinski definition) is 0. The summed E-state index contributed by atoms with van der Waals surface area (Å²) in [6.45, 7) is 5.59. The molecule has 5 heteroatoms. The average Bonchev–Trinajstić information content (AvgIpc) is 2.73. The van der Waals surface area contributed by atoms with E-state index in [9.17, 15) is 4.79 Å². The Balaban J connectivity index is 1.58. The molecule has 0 unspecified atom stereocenters. The van der Waals surface area contributed by atoms with E-state index < -0.39 is 0 Å². The van der Waals surface area contributed by atoms with Gasteiger partial charge in [0.25, 0.3) is 5.91 Å². The summed E-state index contributed by atoms with van der Waals surface area (Å²) in [5.74, 6) is 2.21. The van der Waals surface area contributed by atoms with E-state index >= 15 is 0 Å². The number of amides is 1. The first kappa shape index (κ1) is 18.8. The predicted octanol–water partition coefficient (Wildman–Crippen LogP) is 4.13. The second-order valence-electron chi connectivity index (χ2n) is 6.67. The molecule has 2 aromatic rings. The highest BCUT2D eigenvalue weighted by Crippen LogP contribution is 2.23. The molecular formula is C22H26N2O3. The fraction of sp³-hybridized carbons (Fsp3) is 0.318. The Morgan fingerprint density at radius 2 is 1.63 bits per heavy atom. The summed E-state index contributed by atoms with van der Waals surface area (Å²) < 4.78 is 11.0. The van der Waals surface area contributed by atoms with Crippen molar-refractivity contribution in [2.45, 2.75) is 18.9 Å². The Labute approximate surface area is 160 Å². The summed E-state index contributed by atoms with van der Waals surface area (Å²) in [6.07, 6.45) is 1.81. The summed E-state index contributed by atoms with van der Waals surface area (Å²) in [5.41, 5.74) is 0.668. The summed E-state index contributed by atoms with van der Waals surface area (Å²) in [4.78, 5) is 16.8. The predicted molar refractivity (Wildman–Crippen MR) is 106 cm³/mol. The number of likely N-dealkylation sites (tertiary alicyclic amines) is 1. The lowest BCUT2D eigenvalue weighted by molar-refractivity contribution is 0.0606. The van der Waals surface area contributed by atoms with Gasteiger partial charge in [-0.15, -0.1) is 0 Å². The molecule has 2 aromatic carbocycles. The Morgan fingerprint density at radius 1 is 1.04 bits per heavy atom. The van der Waals surface area contributed by atoms with Crippen molar-refractivity contribution in [2.75, 3.05) is 27.2 Å². The van der Waals surface area contributed by atoms with Crippen LogP contribution in [-0.4, -0.2) is 49.0 Å². The van der Waals surface area contributed by atoms with Crippen molar-refractivity contribution in [3.8, 4) is 11.5 Å². The molecule has 1 aliphatic heterocycles. The first-order chi connectivity index (χ1) is 13.1. The fourth-order valence-corrected chi connectivity index (χ4v) is 3.29. The minimum Gasteiger partial charge on any atom is -0.483 e. The van der Waals surface area contributed by atoms with Gasteiger partial charge < -0.3 is 19.3 Å². The van der Waals surface area contributed by atoms with Gasteiger partial charge in [-0.25, -0.2) is 0 Å². The number of ether oxygens (including phenoxy) is 2. The fourth-order valence-electron chi connectivity index (χ4n) is 3.29. The second-order valence-corrected chi connectivity index (χ2v) is 6.67. The molecule has 1 saturated heterocycles. The molecule has 142 valence electrons. The van der Waals surface area contributed by atoms with E-state index in [4.69, 9.17) is 9.47 Å². The maximum atomic E-state index is 12.8. The molecule has 0 aromatic heterocycles. The molecule has 0 atom stereocenters. The van der Waals surface area contributed by atoms with Crippen LogP contribution in [0.1, 0.15) is 23.2 Å². The molecule has 1 heterocycles. The molecule has 1 amide bonds.